The van der Waals surface area contributed by atoms with E-state index < -0.39 is 10.8 Å². The van der Waals surface area contributed by atoms with Gasteiger partial charge in [-0.15, -0.1) is 0 Å². The molecule has 0 aliphatic heterocycles. The number of fused-ring (bicyclic) bond motifs is 1. The third kappa shape index (κ3) is 4.34. The predicted octanol–water partition coefficient (Wildman–Crippen LogP) is 5.71. The molecule has 3 aromatic carbocycles. The molecule has 8 nitrogen and oxygen atoms in total. The zero-order valence-electron chi connectivity index (χ0n) is 16.3. The molecule has 9 heteroatoms. The molecule has 0 radical (unpaired) electrons. The van der Waals surface area contributed by atoms with Crippen molar-refractivity contribution in [2.75, 3.05) is 11.9 Å². The van der Waals surface area contributed by atoms with Crippen molar-refractivity contribution < 1.29 is 18.9 Å². The van der Waals surface area contributed by atoms with E-state index in [9.17, 15) is 14.9 Å². The first-order chi connectivity index (χ1) is 14.9. The van der Waals surface area contributed by atoms with Gasteiger partial charge in [0.25, 0.3) is 5.91 Å². The molecule has 0 fully saturated rings. The van der Waals surface area contributed by atoms with Crippen molar-refractivity contribution in [2.45, 2.75) is 6.92 Å². The number of ether oxygens (including phenoxy) is 1. The highest BCUT2D eigenvalue weighted by Gasteiger charge is 2.19. The molecule has 0 spiro atoms. The molecule has 1 heterocycles. The van der Waals surface area contributed by atoms with Gasteiger partial charge in [-0.1, -0.05) is 11.6 Å². The van der Waals surface area contributed by atoms with Gasteiger partial charge < -0.3 is 14.5 Å². The van der Waals surface area contributed by atoms with Gasteiger partial charge in [0.1, 0.15) is 5.52 Å². The number of aromatic nitrogens is 1. The van der Waals surface area contributed by atoms with E-state index in [-0.39, 0.29) is 23.6 Å². The van der Waals surface area contributed by atoms with E-state index in [2.05, 4.69) is 10.3 Å². The second kappa shape index (κ2) is 8.45. The van der Waals surface area contributed by atoms with E-state index in [1.165, 1.54) is 18.2 Å². The van der Waals surface area contributed by atoms with Gasteiger partial charge in [0.15, 0.2) is 11.3 Å². The minimum atomic E-state index is -0.582. The predicted molar refractivity (Wildman–Crippen MR) is 117 cm³/mol. The van der Waals surface area contributed by atoms with Crippen molar-refractivity contribution in [1.82, 2.24) is 4.98 Å². The summed E-state index contributed by atoms with van der Waals surface area (Å²) in [5.41, 5.74) is 2.23. The number of nitrogens with zero attached hydrogens (tertiary/aromatic N) is 2. The Morgan fingerprint density at radius 3 is 2.65 bits per heavy atom. The number of nitrogens with one attached hydrogen (secondary N) is 1. The molecule has 0 aliphatic carbocycles. The summed E-state index contributed by atoms with van der Waals surface area (Å²) in [5.74, 6) is 0.0481. The summed E-state index contributed by atoms with van der Waals surface area (Å²) in [5, 5.41) is 14.6. The van der Waals surface area contributed by atoms with E-state index in [1.54, 1.807) is 49.4 Å². The van der Waals surface area contributed by atoms with Crippen molar-refractivity contribution >= 4 is 40.0 Å². The zero-order chi connectivity index (χ0) is 22.0. The van der Waals surface area contributed by atoms with Crippen molar-refractivity contribution in [3.05, 3.63) is 81.4 Å². The van der Waals surface area contributed by atoms with E-state index in [0.717, 1.165) is 5.56 Å². The van der Waals surface area contributed by atoms with Crippen LogP contribution < -0.4 is 10.1 Å². The number of carbonyl (C=O) groups excluding carboxylic acids is 1. The molecule has 0 unspecified atom stereocenters. The third-order valence-electron chi connectivity index (χ3n) is 4.45. The Labute approximate surface area is 181 Å². The number of amides is 1. The number of oxazole rings is 1. The molecular formula is C22H16ClN3O5. The fraction of sp³-hybridized carbons (Fsp3) is 0.0909. The molecule has 1 N–H and O–H groups in total. The van der Waals surface area contributed by atoms with Gasteiger partial charge >= 0.3 is 5.69 Å². The summed E-state index contributed by atoms with van der Waals surface area (Å²) in [7, 11) is 0. The third-order valence-corrected chi connectivity index (χ3v) is 4.71. The molecule has 31 heavy (non-hydrogen) atoms. The summed E-state index contributed by atoms with van der Waals surface area (Å²) in [6, 6.07) is 16.2. The van der Waals surface area contributed by atoms with Crippen LogP contribution in [-0.2, 0) is 0 Å². The molecule has 0 saturated carbocycles. The van der Waals surface area contributed by atoms with Gasteiger partial charge in [0.2, 0.25) is 5.89 Å². The Kier molecular flexibility index (Phi) is 5.55. The first-order valence-corrected chi connectivity index (χ1v) is 9.71. The maximum absolute atomic E-state index is 12.6. The van der Waals surface area contributed by atoms with Crippen LogP contribution in [-0.4, -0.2) is 22.4 Å². The monoisotopic (exact) mass is 437 g/mol. The van der Waals surface area contributed by atoms with Gasteiger partial charge in [-0.25, -0.2) is 4.98 Å². The van der Waals surface area contributed by atoms with Gasteiger partial charge in [-0.3, -0.25) is 14.9 Å². The lowest BCUT2D eigenvalue weighted by Gasteiger charge is -2.07. The smallest absolute Gasteiger partial charge is 0.311 e. The molecule has 0 aliphatic rings. The van der Waals surface area contributed by atoms with Crippen molar-refractivity contribution in [1.29, 1.82) is 0 Å². The molecule has 4 rings (SSSR count). The lowest BCUT2D eigenvalue weighted by Crippen LogP contribution is -2.12. The second-order valence-electron chi connectivity index (χ2n) is 6.54. The van der Waals surface area contributed by atoms with Crippen molar-refractivity contribution in [2.24, 2.45) is 0 Å². The summed E-state index contributed by atoms with van der Waals surface area (Å²) in [6.07, 6.45) is 0. The molecule has 0 atom stereocenters. The molecule has 0 bridgehead atoms. The number of hydrogen-bond donors (Lipinski definition) is 1. The largest absolute Gasteiger partial charge is 0.487 e. The maximum atomic E-state index is 12.6. The average Bonchev–Trinajstić information content (AvgIpc) is 3.18. The minimum absolute atomic E-state index is 0.114. The maximum Gasteiger partial charge on any atom is 0.311 e. The first-order valence-electron chi connectivity index (χ1n) is 9.33. The van der Waals surface area contributed by atoms with Crippen LogP contribution in [0.15, 0.2) is 65.1 Å². The van der Waals surface area contributed by atoms with Gasteiger partial charge in [-0.05, 0) is 61.5 Å². The SMILES string of the molecule is CCOc1ccc(C(=O)Nc2ccc3oc(-c4ccc(Cl)cc4)nc3c2)cc1[N+](=O)[O-]. The van der Waals surface area contributed by atoms with Gasteiger partial charge in [0.05, 0.1) is 11.5 Å². The van der Waals surface area contributed by atoms with E-state index in [0.29, 0.717) is 27.7 Å². The Bertz CT molecular complexity index is 1280. The van der Waals surface area contributed by atoms with Crippen molar-refractivity contribution in [3.8, 4) is 17.2 Å². The molecule has 156 valence electrons. The molecule has 4 aromatic rings. The summed E-state index contributed by atoms with van der Waals surface area (Å²) < 4.78 is 11.0. The Hall–Kier alpha value is -3.91. The fourth-order valence-corrected chi connectivity index (χ4v) is 3.13. The van der Waals surface area contributed by atoms with Crippen LogP contribution in [0.5, 0.6) is 5.75 Å². The van der Waals surface area contributed by atoms with E-state index >= 15 is 0 Å². The van der Waals surface area contributed by atoms with Gasteiger partial charge in [0, 0.05) is 27.9 Å². The van der Waals surface area contributed by atoms with Crippen LogP contribution in [0.1, 0.15) is 17.3 Å². The number of carbonyl (C=O) groups is 1. The van der Waals surface area contributed by atoms with Crippen LogP contribution in [0, 0.1) is 10.1 Å². The van der Waals surface area contributed by atoms with Gasteiger partial charge in [-0.2, -0.15) is 0 Å². The average molecular weight is 438 g/mol. The van der Waals surface area contributed by atoms with Crippen LogP contribution in [0.4, 0.5) is 11.4 Å². The molecule has 1 amide bonds. The number of anilines is 1. The van der Waals surface area contributed by atoms with Crippen LogP contribution in [0.3, 0.4) is 0 Å². The second-order valence-corrected chi connectivity index (χ2v) is 6.97. The summed E-state index contributed by atoms with van der Waals surface area (Å²) in [6.45, 7) is 2.00. The standard InChI is InChI=1S/C22H16ClN3O5/c1-2-30-20-9-5-14(11-18(20)26(28)29)21(27)24-16-8-10-19-17(12-16)25-22(31-19)13-3-6-15(23)7-4-13/h3-12H,2H2,1H3,(H,24,27). The molecule has 1 aromatic heterocycles. The number of nitro groups is 1. The normalized spacial score (nSPS) is 10.8. The molecular weight excluding hydrogens is 422 g/mol. The molecule has 0 saturated heterocycles. The fourth-order valence-electron chi connectivity index (χ4n) is 3.00. The van der Waals surface area contributed by atoms with E-state index in [4.69, 9.17) is 20.8 Å². The summed E-state index contributed by atoms with van der Waals surface area (Å²) in [4.78, 5) is 27.8. The highest BCUT2D eigenvalue weighted by Crippen LogP contribution is 2.29. The zero-order valence-corrected chi connectivity index (χ0v) is 17.1. The quantitative estimate of drug-likeness (QED) is 0.306. The number of nitro benzene ring substituents is 1. The topological polar surface area (TPSA) is 108 Å². The minimum Gasteiger partial charge on any atom is -0.487 e. The van der Waals surface area contributed by atoms with Crippen LogP contribution >= 0.6 is 11.6 Å². The number of benzene rings is 3. The van der Waals surface area contributed by atoms with Crippen molar-refractivity contribution in [3.63, 3.8) is 0 Å². The number of halogens is 1. The van der Waals surface area contributed by atoms with Crippen LogP contribution in [0.25, 0.3) is 22.6 Å². The highest BCUT2D eigenvalue weighted by atomic mass is 35.5. The lowest BCUT2D eigenvalue weighted by molar-refractivity contribution is -0.385. The highest BCUT2D eigenvalue weighted by molar-refractivity contribution is 6.30. The lowest BCUT2D eigenvalue weighted by atomic mass is 10.1. The first kappa shape index (κ1) is 20.4. The summed E-state index contributed by atoms with van der Waals surface area (Å²) >= 11 is 5.91. The Morgan fingerprint density at radius 1 is 1.16 bits per heavy atom. The van der Waals surface area contributed by atoms with E-state index in [1.807, 2.05) is 0 Å². The Morgan fingerprint density at radius 2 is 1.94 bits per heavy atom. The number of hydrogen-bond acceptors (Lipinski definition) is 6. The van der Waals surface area contributed by atoms with Crippen LogP contribution in [0.2, 0.25) is 5.02 Å². The Balaban J connectivity index is 1.58. The number of rotatable bonds is 6.